The Morgan fingerprint density at radius 2 is 2.08 bits per heavy atom. The van der Waals surface area contributed by atoms with Gasteiger partial charge in [0, 0.05) is 12.3 Å². The summed E-state index contributed by atoms with van der Waals surface area (Å²) >= 11 is 5.93. The Bertz CT molecular complexity index is 808. The molecule has 0 aliphatic heterocycles. The Hall–Kier alpha value is -2.93. The predicted octanol–water partition coefficient (Wildman–Crippen LogP) is 3.24. The van der Waals surface area contributed by atoms with Gasteiger partial charge >= 0.3 is 11.9 Å². The fourth-order valence-electron chi connectivity index (χ4n) is 1.92. The minimum absolute atomic E-state index is 0.150. The summed E-state index contributed by atoms with van der Waals surface area (Å²) in [6.45, 7) is 2.05. The van der Waals surface area contributed by atoms with Crippen LogP contribution >= 0.6 is 11.6 Å². The summed E-state index contributed by atoms with van der Waals surface area (Å²) in [7, 11) is 1.28. The molecule has 0 fully saturated rings. The largest absolute Gasteiger partial charge is 0.465 e. The van der Waals surface area contributed by atoms with Crippen LogP contribution in [0.1, 0.15) is 22.8 Å². The number of hydrogen-bond donors (Lipinski definition) is 1. The van der Waals surface area contributed by atoms with Gasteiger partial charge in [-0.3, -0.25) is 4.98 Å². The van der Waals surface area contributed by atoms with Crippen molar-refractivity contribution in [3.05, 3.63) is 52.9 Å². The first kappa shape index (κ1) is 18.4. The van der Waals surface area contributed by atoms with Crippen LogP contribution in [0.3, 0.4) is 0 Å². The molecule has 130 valence electrons. The number of carbonyl (C=O) groups is 2. The summed E-state index contributed by atoms with van der Waals surface area (Å²) in [5, 5.41) is 3.15. The normalized spacial score (nSPS) is 10.5. The number of pyridine rings is 2. The third-order valence-electron chi connectivity index (χ3n) is 2.95. The highest BCUT2D eigenvalue weighted by Gasteiger charge is 2.09. The molecule has 0 aromatic carbocycles. The summed E-state index contributed by atoms with van der Waals surface area (Å²) in [5.74, 6) is -0.585. The molecule has 2 rings (SSSR count). The first-order valence-electron chi connectivity index (χ1n) is 7.34. The van der Waals surface area contributed by atoms with Crippen molar-refractivity contribution in [2.24, 2.45) is 0 Å². The molecule has 0 saturated carbocycles. The standard InChI is InChI=1S/C17H16ClN3O4/c1-3-25-16(22)5-4-11-6-13(10-19-9-11)20-15-8-12(17(23)24-2)7-14(18)21-15/h4-10H,3H2,1-2H3,(H,20,21)/b5-4+. The fourth-order valence-corrected chi connectivity index (χ4v) is 2.12. The maximum Gasteiger partial charge on any atom is 0.338 e. The molecule has 2 aromatic heterocycles. The molecular weight excluding hydrogens is 346 g/mol. The Morgan fingerprint density at radius 3 is 2.80 bits per heavy atom. The van der Waals surface area contributed by atoms with Gasteiger partial charge in [-0.15, -0.1) is 0 Å². The minimum atomic E-state index is -0.517. The summed E-state index contributed by atoms with van der Waals surface area (Å²) in [4.78, 5) is 31.2. The molecule has 25 heavy (non-hydrogen) atoms. The van der Waals surface area contributed by atoms with E-state index in [0.29, 0.717) is 23.7 Å². The van der Waals surface area contributed by atoms with E-state index in [-0.39, 0.29) is 10.7 Å². The number of anilines is 2. The number of carbonyl (C=O) groups excluding carboxylic acids is 2. The first-order valence-corrected chi connectivity index (χ1v) is 7.72. The van der Waals surface area contributed by atoms with Crippen molar-refractivity contribution in [1.82, 2.24) is 9.97 Å². The molecule has 7 nitrogen and oxygen atoms in total. The van der Waals surface area contributed by atoms with E-state index in [2.05, 4.69) is 20.0 Å². The zero-order chi connectivity index (χ0) is 18.2. The second-order valence-electron chi connectivity index (χ2n) is 4.77. The van der Waals surface area contributed by atoms with Crippen LogP contribution in [0.5, 0.6) is 0 Å². The van der Waals surface area contributed by atoms with E-state index in [0.717, 1.165) is 0 Å². The topological polar surface area (TPSA) is 90.4 Å². The van der Waals surface area contributed by atoms with Crippen molar-refractivity contribution >= 4 is 41.1 Å². The molecule has 0 aliphatic rings. The van der Waals surface area contributed by atoms with E-state index < -0.39 is 11.9 Å². The number of aromatic nitrogens is 2. The van der Waals surface area contributed by atoms with Gasteiger partial charge < -0.3 is 14.8 Å². The Morgan fingerprint density at radius 1 is 1.28 bits per heavy atom. The first-order chi connectivity index (χ1) is 12.0. The third kappa shape index (κ3) is 5.58. The predicted molar refractivity (Wildman–Crippen MR) is 93.8 cm³/mol. The highest BCUT2D eigenvalue weighted by atomic mass is 35.5. The lowest BCUT2D eigenvalue weighted by molar-refractivity contribution is -0.137. The molecule has 0 radical (unpaired) electrons. The van der Waals surface area contributed by atoms with Crippen LogP contribution in [-0.2, 0) is 14.3 Å². The lowest BCUT2D eigenvalue weighted by Crippen LogP contribution is -2.04. The maximum absolute atomic E-state index is 11.6. The van der Waals surface area contributed by atoms with Gasteiger partial charge in [0.15, 0.2) is 0 Å². The Labute approximate surface area is 149 Å². The zero-order valence-electron chi connectivity index (χ0n) is 13.7. The van der Waals surface area contributed by atoms with Crippen LogP contribution in [0.2, 0.25) is 5.15 Å². The van der Waals surface area contributed by atoms with Crippen LogP contribution in [0.15, 0.2) is 36.7 Å². The summed E-state index contributed by atoms with van der Waals surface area (Å²) in [6, 6.07) is 4.68. The van der Waals surface area contributed by atoms with E-state index >= 15 is 0 Å². The van der Waals surface area contributed by atoms with Crippen LogP contribution < -0.4 is 5.32 Å². The van der Waals surface area contributed by atoms with Gasteiger partial charge in [0.2, 0.25) is 0 Å². The fraction of sp³-hybridized carbons (Fsp3) is 0.176. The van der Waals surface area contributed by atoms with Gasteiger partial charge in [-0.2, -0.15) is 0 Å². The number of ether oxygens (including phenoxy) is 2. The summed E-state index contributed by atoms with van der Waals surface area (Å²) in [6.07, 6.45) is 6.06. The van der Waals surface area contributed by atoms with Gasteiger partial charge in [0.05, 0.1) is 31.2 Å². The van der Waals surface area contributed by atoms with Crippen molar-refractivity contribution in [2.45, 2.75) is 6.92 Å². The van der Waals surface area contributed by atoms with Crippen molar-refractivity contribution in [3.8, 4) is 0 Å². The Balaban J connectivity index is 2.18. The minimum Gasteiger partial charge on any atom is -0.465 e. The molecular formula is C17H16ClN3O4. The van der Waals surface area contributed by atoms with Crippen LogP contribution in [-0.4, -0.2) is 35.6 Å². The lowest BCUT2D eigenvalue weighted by atomic mass is 10.2. The maximum atomic E-state index is 11.6. The van der Waals surface area contributed by atoms with Gasteiger partial charge in [0.25, 0.3) is 0 Å². The van der Waals surface area contributed by atoms with Crippen molar-refractivity contribution in [3.63, 3.8) is 0 Å². The molecule has 0 atom stereocenters. The van der Waals surface area contributed by atoms with E-state index in [1.807, 2.05) is 0 Å². The average Bonchev–Trinajstić information content (AvgIpc) is 2.59. The van der Waals surface area contributed by atoms with Crippen molar-refractivity contribution in [1.29, 1.82) is 0 Å². The second kappa shape index (κ2) is 8.79. The quantitative estimate of drug-likeness (QED) is 0.479. The molecule has 0 unspecified atom stereocenters. The molecule has 1 N–H and O–H groups in total. The SMILES string of the molecule is CCOC(=O)/C=C/c1cncc(Nc2cc(C(=O)OC)cc(Cl)n2)c1. The third-order valence-corrected chi connectivity index (χ3v) is 3.14. The summed E-state index contributed by atoms with van der Waals surface area (Å²) < 4.78 is 9.49. The van der Waals surface area contributed by atoms with E-state index in [4.69, 9.17) is 16.3 Å². The molecule has 0 spiro atoms. The van der Waals surface area contributed by atoms with Crippen LogP contribution in [0.25, 0.3) is 6.08 Å². The van der Waals surface area contributed by atoms with Gasteiger partial charge in [-0.1, -0.05) is 11.6 Å². The lowest BCUT2D eigenvalue weighted by Gasteiger charge is -2.08. The number of halogens is 1. The van der Waals surface area contributed by atoms with Gasteiger partial charge in [-0.25, -0.2) is 14.6 Å². The van der Waals surface area contributed by atoms with Gasteiger partial charge in [-0.05, 0) is 36.8 Å². The molecule has 0 saturated heterocycles. The molecule has 8 heteroatoms. The van der Waals surface area contributed by atoms with Crippen molar-refractivity contribution in [2.75, 3.05) is 19.0 Å². The van der Waals surface area contributed by atoms with E-state index in [9.17, 15) is 9.59 Å². The zero-order valence-corrected chi connectivity index (χ0v) is 14.4. The molecule has 2 heterocycles. The highest BCUT2D eigenvalue weighted by molar-refractivity contribution is 6.29. The highest BCUT2D eigenvalue weighted by Crippen LogP contribution is 2.20. The molecule has 0 aliphatic carbocycles. The number of hydrogen-bond acceptors (Lipinski definition) is 7. The molecule has 0 bridgehead atoms. The second-order valence-corrected chi connectivity index (χ2v) is 5.16. The number of nitrogens with zero attached hydrogens (tertiary/aromatic N) is 2. The van der Waals surface area contributed by atoms with Crippen LogP contribution in [0, 0.1) is 0 Å². The number of rotatable bonds is 6. The molecule has 2 aromatic rings. The Kier molecular flexibility index (Phi) is 6.47. The molecule has 0 amide bonds. The smallest absolute Gasteiger partial charge is 0.338 e. The average molecular weight is 362 g/mol. The summed E-state index contributed by atoms with van der Waals surface area (Å²) in [5.41, 5.74) is 1.57. The monoisotopic (exact) mass is 361 g/mol. The number of methoxy groups -OCH3 is 1. The van der Waals surface area contributed by atoms with Gasteiger partial charge in [0.1, 0.15) is 11.0 Å². The van der Waals surface area contributed by atoms with E-state index in [1.165, 1.54) is 25.3 Å². The number of esters is 2. The van der Waals surface area contributed by atoms with E-state index in [1.54, 1.807) is 31.5 Å². The number of nitrogens with one attached hydrogen (secondary N) is 1. The van der Waals surface area contributed by atoms with Crippen molar-refractivity contribution < 1.29 is 19.1 Å². The van der Waals surface area contributed by atoms with Crippen LogP contribution in [0.4, 0.5) is 11.5 Å².